The summed E-state index contributed by atoms with van der Waals surface area (Å²) in [6.07, 6.45) is 1.89. The van der Waals surface area contributed by atoms with E-state index in [1.165, 1.54) is 0 Å². The van der Waals surface area contributed by atoms with Crippen LogP contribution in [-0.4, -0.2) is 23.2 Å². The first-order chi connectivity index (χ1) is 7.74. The highest BCUT2D eigenvalue weighted by Gasteiger charge is 2.38. The molecule has 1 aliphatic rings. The van der Waals surface area contributed by atoms with Gasteiger partial charge in [-0.1, -0.05) is 0 Å². The van der Waals surface area contributed by atoms with Crippen LogP contribution in [0.3, 0.4) is 0 Å². The van der Waals surface area contributed by atoms with Gasteiger partial charge in [0.15, 0.2) is 0 Å². The third kappa shape index (κ3) is 5.19. The number of carbonyl (C=O) groups excluding carboxylic acids is 1. The molecule has 1 amide bonds. The number of halogens is 3. The Morgan fingerprint density at radius 1 is 1.53 bits per heavy atom. The third-order valence-electron chi connectivity index (χ3n) is 3.14. The van der Waals surface area contributed by atoms with Crippen LogP contribution >= 0.6 is 11.6 Å². The van der Waals surface area contributed by atoms with Crippen LogP contribution in [0, 0.1) is 5.92 Å². The fraction of sp³-hybridized carbons (Fsp3) is 0.917. The van der Waals surface area contributed by atoms with Gasteiger partial charge in [0, 0.05) is 18.4 Å². The van der Waals surface area contributed by atoms with Gasteiger partial charge >= 0.3 is 0 Å². The van der Waals surface area contributed by atoms with Crippen LogP contribution in [0.25, 0.3) is 0 Å². The summed E-state index contributed by atoms with van der Waals surface area (Å²) < 4.78 is 26.5. The highest BCUT2D eigenvalue weighted by molar-refractivity contribution is 6.27. The number of hydrogen-bond acceptors (Lipinski definition) is 1. The molecule has 0 aromatic rings. The number of amides is 1. The van der Waals surface area contributed by atoms with Gasteiger partial charge in [-0.25, -0.2) is 8.78 Å². The molecule has 1 aliphatic carbocycles. The zero-order valence-corrected chi connectivity index (χ0v) is 11.1. The Kier molecular flexibility index (Phi) is 4.76. The van der Waals surface area contributed by atoms with Crippen molar-refractivity contribution in [2.75, 3.05) is 5.88 Å². The number of alkyl halides is 3. The van der Waals surface area contributed by atoms with Crippen molar-refractivity contribution in [2.24, 2.45) is 5.92 Å². The average molecular weight is 268 g/mol. The van der Waals surface area contributed by atoms with E-state index in [-0.39, 0.29) is 30.5 Å². The van der Waals surface area contributed by atoms with Gasteiger partial charge in [0.25, 0.3) is 0 Å². The zero-order valence-electron chi connectivity index (χ0n) is 10.4. The highest BCUT2D eigenvalue weighted by Crippen LogP contribution is 2.39. The Balaban J connectivity index is 2.49. The average Bonchev–Trinajstić information content (AvgIpc) is 2.14. The van der Waals surface area contributed by atoms with Gasteiger partial charge in [-0.15, -0.1) is 11.6 Å². The van der Waals surface area contributed by atoms with E-state index in [0.717, 1.165) is 6.42 Å². The minimum Gasteiger partial charge on any atom is -0.350 e. The molecule has 1 saturated carbocycles. The molecule has 100 valence electrons. The van der Waals surface area contributed by atoms with Crippen LogP contribution in [0.2, 0.25) is 0 Å². The molecule has 0 aromatic heterocycles. The van der Waals surface area contributed by atoms with Gasteiger partial charge in [0.2, 0.25) is 11.8 Å². The minimum absolute atomic E-state index is 0.00202. The molecule has 0 aliphatic heterocycles. The first-order valence-electron chi connectivity index (χ1n) is 5.99. The van der Waals surface area contributed by atoms with Gasteiger partial charge in [-0.05, 0) is 39.0 Å². The summed E-state index contributed by atoms with van der Waals surface area (Å²) in [5.41, 5.74) is -0.468. The fourth-order valence-corrected chi connectivity index (χ4v) is 2.70. The van der Waals surface area contributed by atoms with Crippen LogP contribution in [-0.2, 0) is 4.79 Å². The van der Waals surface area contributed by atoms with E-state index in [0.29, 0.717) is 12.8 Å². The molecule has 0 heterocycles. The van der Waals surface area contributed by atoms with Gasteiger partial charge in [-0.2, -0.15) is 0 Å². The Morgan fingerprint density at radius 3 is 2.71 bits per heavy atom. The van der Waals surface area contributed by atoms with Crippen molar-refractivity contribution in [1.82, 2.24) is 5.32 Å². The standard InChI is InChI=1S/C12H20ClF2NO/c1-11(2,16-10(17)8-13)6-9-4-3-5-12(14,15)7-9/h9H,3-8H2,1-2H3,(H,16,17). The maximum Gasteiger partial charge on any atom is 0.248 e. The molecule has 0 aromatic carbocycles. The fourth-order valence-electron chi connectivity index (χ4n) is 2.63. The molecular weight excluding hydrogens is 248 g/mol. The normalized spacial score (nSPS) is 24.4. The molecule has 1 rings (SSSR count). The smallest absolute Gasteiger partial charge is 0.248 e. The van der Waals surface area contributed by atoms with E-state index in [9.17, 15) is 13.6 Å². The number of rotatable bonds is 4. The summed E-state index contributed by atoms with van der Waals surface area (Å²) in [5, 5.41) is 2.76. The van der Waals surface area contributed by atoms with Crippen LogP contribution < -0.4 is 5.32 Å². The lowest BCUT2D eigenvalue weighted by molar-refractivity contribution is -0.120. The Hall–Kier alpha value is -0.380. The SMILES string of the molecule is CC(C)(CC1CCCC(F)(F)C1)NC(=O)CCl. The predicted molar refractivity (Wildman–Crippen MR) is 64.5 cm³/mol. The van der Waals surface area contributed by atoms with Crippen molar-refractivity contribution in [2.45, 2.75) is 57.4 Å². The van der Waals surface area contributed by atoms with Crippen molar-refractivity contribution in [3.8, 4) is 0 Å². The number of carbonyl (C=O) groups is 1. The predicted octanol–water partition coefficient (Wildman–Crippen LogP) is 3.34. The van der Waals surface area contributed by atoms with Gasteiger partial charge in [0.1, 0.15) is 5.88 Å². The maximum absolute atomic E-state index is 13.2. The molecule has 0 radical (unpaired) electrons. The summed E-state index contributed by atoms with van der Waals surface area (Å²) in [6, 6.07) is 0. The molecule has 0 saturated heterocycles. The van der Waals surface area contributed by atoms with Crippen molar-refractivity contribution in [3.05, 3.63) is 0 Å². The first kappa shape index (κ1) is 14.7. The lowest BCUT2D eigenvalue weighted by Gasteiger charge is -2.35. The summed E-state index contributed by atoms with van der Waals surface area (Å²) in [7, 11) is 0. The first-order valence-corrected chi connectivity index (χ1v) is 6.52. The molecule has 1 unspecified atom stereocenters. The van der Waals surface area contributed by atoms with Gasteiger partial charge < -0.3 is 5.32 Å². The highest BCUT2D eigenvalue weighted by atomic mass is 35.5. The molecule has 0 spiro atoms. The second-order valence-corrected chi connectivity index (χ2v) is 5.86. The van der Waals surface area contributed by atoms with Crippen LogP contribution in [0.1, 0.15) is 46.0 Å². The topological polar surface area (TPSA) is 29.1 Å². The van der Waals surface area contributed by atoms with E-state index in [1.807, 2.05) is 13.8 Å². The second kappa shape index (κ2) is 5.51. The summed E-state index contributed by atoms with van der Waals surface area (Å²) in [4.78, 5) is 11.2. The lowest BCUT2D eigenvalue weighted by Crippen LogP contribution is -2.46. The summed E-state index contributed by atoms with van der Waals surface area (Å²) in [6.45, 7) is 3.70. The maximum atomic E-state index is 13.2. The molecule has 17 heavy (non-hydrogen) atoms. The molecule has 2 nitrogen and oxygen atoms in total. The van der Waals surface area contributed by atoms with E-state index < -0.39 is 11.5 Å². The Bertz CT molecular complexity index is 282. The number of hydrogen-bond donors (Lipinski definition) is 1. The Labute approximate surface area is 106 Å². The minimum atomic E-state index is -2.53. The van der Waals surface area contributed by atoms with Crippen molar-refractivity contribution < 1.29 is 13.6 Å². The Morgan fingerprint density at radius 2 is 2.18 bits per heavy atom. The van der Waals surface area contributed by atoms with E-state index >= 15 is 0 Å². The van der Waals surface area contributed by atoms with E-state index in [2.05, 4.69) is 5.32 Å². The van der Waals surface area contributed by atoms with E-state index in [1.54, 1.807) is 0 Å². The molecule has 1 fully saturated rings. The summed E-state index contributed by atoms with van der Waals surface area (Å²) in [5.74, 6) is -2.90. The zero-order chi connectivity index (χ0) is 13.1. The molecule has 5 heteroatoms. The molecule has 1 N–H and O–H groups in total. The number of nitrogens with one attached hydrogen (secondary N) is 1. The second-order valence-electron chi connectivity index (χ2n) is 5.59. The van der Waals surface area contributed by atoms with Crippen molar-refractivity contribution in [3.63, 3.8) is 0 Å². The van der Waals surface area contributed by atoms with Crippen LogP contribution in [0.4, 0.5) is 8.78 Å². The quantitative estimate of drug-likeness (QED) is 0.778. The third-order valence-corrected chi connectivity index (χ3v) is 3.38. The monoisotopic (exact) mass is 267 g/mol. The molecular formula is C12H20ClF2NO. The molecule has 1 atom stereocenters. The summed E-state index contributed by atoms with van der Waals surface area (Å²) >= 11 is 5.41. The van der Waals surface area contributed by atoms with Crippen molar-refractivity contribution in [1.29, 1.82) is 0 Å². The largest absolute Gasteiger partial charge is 0.350 e. The van der Waals surface area contributed by atoms with Crippen molar-refractivity contribution >= 4 is 17.5 Å². The van der Waals surface area contributed by atoms with Gasteiger partial charge in [0.05, 0.1) is 0 Å². The molecule has 0 bridgehead atoms. The van der Waals surface area contributed by atoms with E-state index in [4.69, 9.17) is 11.6 Å². The lowest BCUT2D eigenvalue weighted by atomic mass is 9.79. The van der Waals surface area contributed by atoms with Crippen LogP contribution in [0.15, 0.2) is 0 Å². The van der Waals surface area contributed by atoms with Gasteiger partial charge in [-0.3, -0.25) is 4.79 Å². The van der Waals surface area contributed by atoms with Crippen LogP contribution in [0.5, 0.6) is 0 Å².